The predicted octanol–water partition coefficient (Wildman–Crippen LogP) is 3.43. The SMILES string of the molecule is COc1cccc(-c2noc(-c3ccc(O)cc3C)n2)c1. The Morgan fingerprint density at radius 3 is 2.76 bits per heavy atom. The lowest BCUT2D eigenvalue weighted by Crippen LogP contribution is -1.86. The number of phenolic OH excluding ortho intramolecular Hbond substituents is 1. The maximum absolute atomic E-state index is 9.44. The van der Waals surface area contributed by atoms with Crippen molar-refractivity contribution in [2.75, 3.05) is 7.11 Å². The van der Waals surface area contributed by atoms with E-state index >= 15 is 0 Å². The third kappa shape index (κ3) is 2.58. The van der Waals surface area contributed by atoms with Crippen LogP contribution >= 0.6 is 0 Å². The largest absolute Gasteiger partial charge is 0.508 e. The van der Waals surface area contributed by atoms with Crippen LogP contribution in [0.3, 0.4) is 0 Å². The molecule has 1 N–H and O–H groups in total. The minimum atomic E-state index is 0.212. The van der Waals surface area contributed by atoms with Gasteiger partial charge in [-0.3, -0.25) is 0 Å². The van der Waals surface area contributed by atoms with Gasteiger partial charge in [-0.05, 0) is 42.8 Å². The molecule has 0 saturated carbocycles. The molecule has 5 nitrogen and oxygen atoms in total. The van der Waals surface area contributed by atoms with Crippen LogP contribution in [0, 0.1) is 6.92 Å². The number of aromatic nitrogens is 2. The summed E-state index contributed by atoms with van der Waals surface area (Å²) in [5.74, 6) is 1.87. The van der Waals surface area contributed by atoms with E-state index in [2.05, 4.69) is 10.1 Å². The number of phenols is 1. The van der Waals surface area contributed by atoms with Gasteiger partial charge in [0.05, 0.1) is 7.11 Å². The second-order valence-corrected chi connectivity index (χ2v) is 4.65. The van der Waals surface area contributed by atoms with E-state index in [9.17, 15) is 5.11 Å². The number of benzene rings is 2. The molecule has 1 aromatic heterocycles. The van der Waals surface area contributed by atoms with Crippen molar-refractivity contribution in [2.24, 2.45) is 0 Å². The number of rotatable bonds is 3. The fourth-order valence-corrected chi connectivity index (χ4v) is 2.10. The molecule has 0 aliphatic rings. The molecular formula is C16H14N2O3. The first-order chi connectivity index (χ1) is 10.2. The fourth-order valence-electron chi connectivity index (χ4n) is 2.10. The summed E-state index contributed by atoms with van der Waals surface area (Å²) in [5.41, 5.74) is 2.49. The van der Waals surface area contributed by atoms with Crippen LogP contribution in [0.5, 0.6) is 11.5 Å². The number of aromatic hydroxyl groups is 1. The van der Waals surface area contributed by atoms with E-state index in [0.717, 1.165) is 22.4 Å². The van der Waals surface area contributed by atoms with Crippen LogP contribution in [-0.4, -0.2) is 22.4 Å². The van der Waals surface area contributed by atoms with Gasteiger partial charge in [0.15, 0.2) is 0 Å². The summed E-state index contributed by atoms with van der Waals surface area (Å²) >= 11 is 0. The summed E-state index contributed by atoms with van der Waals surface area (Å²) in [5, 5.41) is 13.4. The first-order valence-corrected chi connectivity index (χ1v) is 6.45. The van der Waals surface area contributed by atoms with Gasteiger partial charge >= 0.3 is 0 Å². The van der Waals surface area contributed by atoms with Gasteiger partial charge in [-0.25, -0.2) is 0 Å². The molecule has 0 amide bonds. The highest BCUT2D eigenvalue weighted by Gasteiger charge is 2.13. The zero-order valence-corrected chi connectivity index (χ0v) is 11.7. The molecule has 3 rings (SSSR count). The van der Waals surface area contributed by atoms with Crippen molar-refractivity contribution < 1.29 is 14.4 Å². The molecule has 0 aliphatic carbocycles. The molecule has 0 fully saturated rings. The van der Waals surface area contributed by atoms with Crippen molar-refractivity contribution >= 4 is 0 Å². The summed E-state index contributed by atoms with van der Waals surface area (Å²) < 4.78 is 10.5. The molecule has 3 aromatic rings. The van der Waals surface area contributed by atoms with E-state index in [1.807, 2.05) is 31.2 Å². The standard InChI is InChI=1S/C16H14N2O3/c1-10-8-12(19)6-7-14(10)16-17-15(18-21-16)11-4-3-5-13(9-11)20-2/h3-9,19H,1-2H3. The fraction of sp³-hybridized carbons (Fsp3) is 0.125. The summed E-state index contributed by atoms with van der Waals surface area (Å²) in [6.07, 6.45) is 0. The number of aryl methyl sites for hydroxylation is 1. The van der Waals surface area contributed by atoms with Crippen LogP contribution in [-0.2, 0) is 0 Å². The number of nitrogens with zero attached hydrogens (tertiary/aromatic N) is 2. The highest BCUT2D eigenvalue weighted by atomic mass is 16.5. The Labute approximate surface area is 121 Å². The maximum Gasteiger partial charge on any atom is 0.258 e. The van der Waals surface area contributed by atoms with Crippen LogP contribution in [0.25, 0.3) is 22.8 Å². The number of ether oxygens (including phenoxy) is 1. The van der Waals surface area contributed by atoms with Gasteiger partial charge in [0.2, 0.25) is 5.82 Å². The monoisotopic (exact) mass is 282 g/mol. The minimum absolute atomic E-state index is 0.212. The van der Waals surface area contributed by atoms with Crippen LogP contribution in [0.4, 0.5) is 0 Å². The first-order valence-electron chi connectivity index (χ1n) is 6.45. The van der Waals surface area contributed by atoms with Crippen molar-refractivity contribution in [2.45, 2.75) is 6.92 Å². The summed E-state index contributed by atoms with van der Waals surface area (Å²) in [6.45, 7) is 1.88. The van der Waals surface area contributed by atoms with E-state index in [1.54, 1.807) is 25.3 Å². The topological polar surface area (TPSA) is 68.4 Å². The molecule has 1 heterocycles. The minimum Gasteiger partial charge on any atom is -0.508 e. The van der Waals surface area contributed by atoms with Gasteiger partial charge in [0.1, 0.15) is 11.5 Å². The van der Waals surface area contributed by atoms with E-state index < -0.39 is 0 Å². The van der Waals surface area contributed by atoms with Crippen molar-refractivity contribution in [3.05, 3.63) is 48.0 Å². The van der Waals surface area contributed by atoms with Crippen LogP contribution in [0.2, 0.25) is 0 Å². The summed E-state index contributed by atoms with van der Waals surface area (Å²) in [4.78, 5) is 4.40. The molecular weight excluding hydrogens is 268 g/mol. The Morgan fingerprint density at radius 1 is 1.14 bits per heavy atom. The molecule has 0 atom stereocenters. The Hall–Kier alpha value is -2.82. The average molecular weight is 282 g/mol. The number of hydrogen-bond donors (Lipinski definition) is 1. The van der Waals surface area contributed by atoms with Crippen LogP contribution in [0.1, 0.15) is 5.56 Å². The van der Waals surface area contributed by atoms with Crippen molar-refractivity contribution in [3.63, 3.8) is 0 Å². The molecule has 0 aliphatic heterocycles. The third-order valence-corrected chi connectivity index (χ3v) is 3.19. The molecule has 106 valence electrons. The molecule has 0 unspecified atom stereocenters. The van der Waals surface area contributed by atoms with E-state index in [4.69, 9.17) is 9.26 Å². The van der Waals surface area contributed by atoms with Gasteiger partial charge in [-0.2, -0.15) is 4.98 Å². The highest BCUT2D eigenvalue weighted by Crippen LogP contribution is 2.28. The van der Waals surface area contributed by atoms with E-state index in [1.165, 1.54) is 0 Å². The van der Waals surface area contributed by atoms with Crippen LogP contribution in [0.15, 0.2) is 47.0 Å². The molecule has 2 aromatic carbocycles. The summed E-state index contributed by atoms with van der Waals surface area (Å²) in [6, 6.07) is 12.5. The Kier molecular flexibility index (Phi) is 3.31. The lowest BCUT2D eigenvalue weighted by molar-refractivity contribution is 0.414. The van der Waals surface area contributed by atoms with E-state index in [-0.39, 0.29) is 5.75 Å². The molecule has 0 bridgehead atoms. The Balaban J connectivity index is 1.99. The smallest absolute Gasteiger partial charge is 0.258 e. The van der Waals surface area contributed by atoms with Crippen LogP contribution < -0.4 is 4.74 Å². The maximum atomic E-state index is 9.44. The Morgan fingerprint density at radius 2 is 2.00 bits per heavy atom. The number of hydrogen-bond acceptors (Lipinski definition) is 5. The van der Waals surface area contributed by atoms with Gasteiger partial charge in [0, 0.05) is 11.1 Å². The first kappa shape index (κ1) is 13.2. The van der Waals surface area contributed by atoms with E-state index in [0.29, 0.717) is 11.7 Å². The molecule has 0 saturated heterocycles. The Bertz CT molecular complexity index is 781. The second-order valence-electron chi connectivity index (χ2n) is 4.65. The lowest BCUT2D eigenvalue weighted by Gasteiger charge is -2.01. The highest BCUT2D eigenvalue weighted by molar-refractivity contribution is 5.64. The third-order valence-electron chi connectivity index (χ3n) is 3.19. The summed E-state index contributed by atoms with van der Waals surface area (Å²) in [7, 11) is 1.61. The van der Waals surface area contributed by atoms with Crippen molar-refractivity contribution in [3.8, 4) is 34.3 Å². The molecule has 0 radical (unpaired) electrons. The number of methoxy groups -OCH3 is 1. The van der Waals surface area contributed by atoms with Crippen molar-refractivity contribution in [1.29, 1.82) is 0 Å². The second kappa shape index (κ2) is 5.28. The van der Waals surface area contributed by atoms with Gasteiger partial charge in [-0.1, -0.05) is 17.3 Å². The predicted molar refractivity (Wildman–Crippen MR) is 78.1 cm³/mol. The molecule has 21 heavy (non-hydrogen) atoms. The lowest BCUT2D eigenvalue weighted by atomic mass is 10.1. The van der Waals surface area contributed by atoms with Gasteiger partial charge in [-0.15, -0.1) is 0 Å². The van der Waals surface area contributed by atoms with Gasteiger partial charge in [0.25, 0.3) is 5.89 Å². The zero-order valence-electron chi connectivity index (χ0n) is 11.7. The zero-order chi connectivity index (χ0) is 14.8. The van der Waals surface area contributed by atoms with Crippen molar-refractivity contribution in [1.82, 2.24) is 10.1 Å². The molecule has 0 spiro atoms. The quantitative estimate of drug-likeness (QED) is 0.797. The average Bonchev–Trinajstić information content (AvgIpc) is 2.97. The van der Waals surface area contributed by atoms with Gasteiger partial charge < -0.3 is 14.4 Å². The molecule has 5 heteroatoms. The normalized spacial score (nSPS) is 10.6.